The molecule has 2 aromatic heterocycles. The molecule has 3 unspecified atom stereocenters. The molecule has 3 heterocycles. The van der Waals surface area contributed by atoms with Crippen molar-refractivity contribution < 1.29 is 4.42 Å². The van der Waals surface area contributed by atoms with E-state index in [9.17, 15) is 0 Å². The maximum Gasteiger partial charge on any atom is 0.139 e. The summed E-state index contributed by atoms with van der Waals surface area (Å²) < 4.78 is 9.29. The van der Waals surface area contributed by atoms with Gasteiger partial charge < -0.3 is 8.98 Å². The van der Waals surface area contributed by atoms with Crippen molar-refractivity contribution in [1.82, 2.24) is 4.57 Å². The third kappa shape index (κ3) is 2.76. The van der Waals surface area contributed by atoms with Crippen molar-refractivity contribution in [2.45, 2.75) is 18.3 Å². The van der Waals surface area contributed by atoms with Crippen molar-refractivity contribution in [1.29, 1.82) is 0 Å². The molecule has 0 fully saturated rings. The van der Waals surface area contributed by atoms with Gasteiger partial charge in [0.05, 0.1) is 22.1 Å². The summed E-state index contributed by atoms with van der Waals surface area (Å²) in [5.41, 5.74) is 14.8. The third-order valence-corrected chi connectivity index (χ3v) is 11.1. The quantitative estimate of drug-likeness (QED) is 0.187. The van der Waals surface area contributed by atoms with E-state index in [0.717, 1.165) is 11.2 Å². The molecule has 2 nitrogen and oxygen atoms in total. The Hall–Kier alpha value is -5.60. The van der Waals surface area contributed by atoms with Gasteiger partial charge >= 0.3 is 0 Å². The van der Waals surface area contributed by atoms with Gasteiger partial charge in [-0.05, 0) is 57.5 Å². The summed E-state index contributed by atoms with van der Waals surface area (Å²) >= 11 is 0. The molecule has 2 heteroatoms. The zero-order valence-corrected chi connectivity index (χ0v) is 25.4. The maximum atomic E-state index is 6.76. The number of aromatic nitrogens is 1. The van der Waals surface area contributed by atoms with Gasteiger partial charge in [-0.1, -0.05) is 134 Å². The molecule has 6 aromatic carbocycles. The van der Waals surface area contributed by atoms with Gasteiger partial charge in [0.1, 0.15) is 11.2 Å². The van der Waals surface area contributed by atoms with Crippen LogP contribution in [0.2, 0.25) is 0 Å². The van der Waals surface area contributed by atoms with E-state index in [-0.39, 0.29) is 11.8 Å². The lowest BCUT2D eigenvalue weighted by atomic mass is 9.59. The Morgan fingerprint density at radius 2 is 1.30 bits per heavy atom. The highest BCUT2D eigenvalue weighted by atomic mass is 16.3. The number of benzene rings is 6. The van der Waals surface area contributed by atoms with Crippen molar-refractivity contribution in [2.75, 3.05) is 0 Å². The van der Waals surface area contributed by atoms with E-state index < -0.39 is 5.41 Å². The van der Waals surface area contributed by atoms with E-state index in [1.807, 2.05) is 0 Å². The molecule has 0 saturated carbocycles. The van der Waals surface area contributed by atoms with Crippen LogP contribution in [0.15, 0.2) is 156 Å². The van der Waals surface area contributed by atoms with Crippen LogP contribution in [-0.4, -0.2) is 4.57 Å². The van der Waals surface area contributed by atoms with E-state index in [4.69, 9.17) is 4.42 Å². The SMILES string of the molecule is CC1C=CC2=C(C1c1cccc3c1oc1ccccc13)C1(c3ccccc32)c2ccccc2-n2c3ccccc3c3cccc1c32. The summed E-state index contributed by atoms with van der Waals surface area (Å²) in [6, 6.07) is 49.4. The van der Waals surface area contributed by atoms with Crippen LogP contribution >= 0.6 is 0 Å². The number of nitrogens with zero attached hydrogens (tertiary/aromatic N) is 1. The monoisotopic (exact) mass is 587 g/mol. The van der Waals surface area contributed by atoms with E-state index in [1.165, 1.54) is 77.2 Å². The molecule has 8 aromatic rings. The van der Waals surface area contributed by atoms with Crippen LogP contribution in [0, 0.1) is 5.92 Å². The summed E-state index contributed by atoms with van der Waals surface area (Å²) in [6.45, 7) is 2.38. The molecule has 1 aliphatic heterocycles. The topological polar surface area (TPSA) is 18.1 Å². The van der Waals surface area contributed by atoms with E-state index in [1.54, 1.807) is 0 Å². The normalized spacial score (nSPS) is 21.1. The Balaban J connectivity index is 1.33. The minimum Gasteiger partial charge on any atom is -0.456 e. The van der Waals surface area contributed by atoms with Crippen LogP contribution in [-0.2, 0) is 5.41 Å². The number of rotatable bonds is 1. The standard InChI is InChI=1S/C44H29NO/c1-26-24-25-30-27-12-2-5-18-34(27)44(41(30)40(26)33-17-10-16-32-29-14-4-9-23-39(29)46-43(32)33)35-19-6-8-22-38(35)45-37-21-7-3-13-28(37)31-15-11-20-36(44)42(31)45/h2-26,40H,1H3. The predicted octanol–water partition coefficient (Wildman–Crippen LogP) is 11.1. The first-order valence-corrected chi connectivity index (χ1v) is 16.3. The molecular weight excluding hydrogens is 558 g/mol. The predicted molar refractivity (Wildman–Crippen MR) is 189 cm³/mol. The molecule has 0 saturated heterocycles. The largest absolute Gasteiger partial charge is 0.456 e. The van der Waals surface area contributed by atoms with Crippen LogP contribution in [0.25, 0.3) is 55.0 Å². The second-order valence-electron chi connectivity index (χ2n) is 13.2. The third-order valence-electron chi connectivity index (χ3n) is 11.1. The van der Waals surface area contributed by atoms with Gasteiger partial charge in [0, 0.05) is 33.0 Å². The number of allylic oxidation sites excluding steroid dienone is 4. The Morgan fingerprint density at radius 1 is 0.609 bits per heavy atom. The fourth-order valence-electron chi connectivity index (χ4n) is 9.47. The molecule has 3 atom stereocenters. The summed E-state index contributed by atoms with van der Waals surface area (Å²) in [5, 5.41) is 4.97. The molecule has 3 aliphatic rings. The molecule has 0 N–H and O–H groups in total. The summed E-state index contributed by atoms with van der Waals surface area (Å²) in [6.07, 6.45) is 4.84. The van der Waals surface area contributed by atoms with Gasteiger partial charge in [0.2, 0.25) is 0 Å². The van der Waals surface area contributed by atoms with Gasteiger partial charge in [-0.2, -0.15) is 0 Å². The fourth-order valence-corrected chi connectivity index (χ4v) is 9.47. The smallest absolute Gasteiger partial charge is 0.139 e. The van der Waals surface area contributed by atoms with Crippen molar-refractivity contribution in [3.8, 4) is 5.69 Å². The number of furan rings is 1. The van der Waals surface area contributed by atoms with Gasteiger partial charge in [0.15, 0.2) is 0 Å². The second-order valence-corrected chi connectivity index (χ2v) is 13.2. The molecule has 1 spiro atoms. The van der Waals surface area contributed by atoms with Crippen molar-refractivity contribution in [3.63, 3.8) is 0 Å². The van der Waals surface area contributed by atoms with Gasteiger partial charge in [0.25, 0.3) is 0 Å². The minimum atomic E-state index is -0.468. The number of para-hydroxylation sites is 5. The van der Waals surface area contributed by atoms with Gasteiger partial charge in [-0.3, -0.25) is 0 Å². The molecule has 11 rings (SSSR count). The Morgan fingerprint density at radius 3 is 2.24 bits per heavy atom. The van der Waals surface area contributed by atoms with E-state index >= 15 is 0 Å². The highest BCUT2D eigenvalue weighted by molar-refractivity contribution is 6.13. The zero-order chi connectivity index (χ0) is 30.1. The van der Waals surface area contributed by atoms with Crippen LogP contribution < -0.4 is 0 Å². The first-order valence-electron chi connectivity index (χ1n) is 16.3. The molecule has 2 aliphatic carbocycles. The average Bonchev–Trinajstić information content (AvgIpc) is 3.75. The number of fused-ring (bicyclic) bond motifs is 14. The van der Waals surface area contributed by atoms with Gasteiger partial charge in [-0.25, -0.2) is 0 Å². The number of hydrogen-bond acceptors (Lipinski definition) is 1. The van der Waals surface area contributed by atoms with Crippen LogP contribution in [0.5, 0.6) is 0 Å². The highest BCUT2D eigenvalue weighted by Crippen LogP contribution is 2.65. The summed E-state index contributed by atoms with van der Waals surface area (Å²) in [5.74, 6) is 0.374. The first kappa shape index (κ1) is 24.7. The average molecular weight is 588 g/mol. The highest BCUT2D eigenvalue weighted by Gasteiger charge is 2.55. The fraction of sp³-hybridized carbons (Fsp3) is 0.0909. The lowest BCUT2D eigenvalue weighted by Gasteiger charge is -2.44. The Kier molecular flexibility index (Phi) is 4.59. The van der Waals surface area contributed by atoms with E-state index in [2.05, 4.69) is 157 Å². The minimum absolute atomic E-state index is 0.107. The van der Waals surface area contributed by atoms with Crippen LogP contribution in [0.3, 0.4) is 0 Å². The molecule has 0 radical (unpaired) electrons. The van der Waals surface area contributed by atoms with Crippen molar-refractivity contribution in [3.05, 3.63) is 179 Å². The number of hydrogen-bond donors (Lipinski definition) is 0. The van der Waals surface area contributed by atoms with Crippen LogP contribution in [0.1, 0.15) is 40.7 Å². The zero-order valence-electron chi connectivity index (χ0n) is 25.4. The maximum absolute atomic E-state index is 6.76. The summed E-state index contributed by atoms with van der Waals surface area (Å²) in [7, 11) is 0. The molecule has 46 heavy (non-hydrogen) atoms. The van der Waals surface area contributed by atoms with Crippen LogP contribution in [0.4, 0.5) is 0 Å². The molecule has 0 amide bonds. The molecule has 0 bridgehead atoms. The van der Waals surface area contributed by atoms with Crippen molar-refractivity contribution in [2.24, 2.45) is 5.92 Å². The first-order chi connectivity index (χ1) is 22.8. The Bertz CT molecular complexity index is 2680. The van der Waals surface area contributed by atoms with Gasteiger partial charge in [-0.15, -0.1) is 0 Å². The second kappa shape index (κ2) is 8.56. The van der Waals surface area contributed by atoms with Crippen molar-refractivity contribution >= 4 is 49.3 Å². The van der Waals surface area contributed by atoms with E-state index in [0.29, 0.717) is 0 Å². The summed E-state index contributed by atoms with van der Waals surface area (Å²) in [4.78, 5) is 0. The lowest BCUT2D eigenvalue weighted by molar-refractivity contribution is 0.540. The lowest BCUT2D eigenvalue weighted by Crippen LogP contribution is -2.38. The Labute approximate surface area is 266 Å². The molecular formula is C44H29NO. The molecule has 216 valence electrons.